The third-order valence-corrected chi connectivity index (χ3v) is 5.47. The normalized spacial score (nSPS) is 14.2. The first-order chi connectivity index (χ1) is 15.0. The van der Waals surface area contributed by atoms with Crippen LogP contribution in [0.25, 0.3) is 11.3 Å². The van der Waals surface area contributed by atoms with Crippen LogP contribution < -0.4 is 25.0 Å². The maximum Gasteiger partial charge on any atom is 0.341 e. The lowest BCUT2D eigenvalue weighted by atomic mass is 10.0. The number of carboxylic acids is 1. The molecule has 2 heterocycles. The molecule has 1 atom stereocenters. The molecule has 160 valence electrons. The molecule has 3 aromatic rings. The molecule has 0 fully saturated rings. The van der Waals surface area contributed by atoms with E-state index in [1.807, 2.05) is 31.2 Å². The molecule has 1 aromatic heterocycles. The van der Waals surface area contributed by atoms with Crippen molar-refractivity contribution in [2.45, 2.75) is 18.2 Å². The number of hydrogen-bond acceptors (Lipinski definition) is 7. The van der Waals surface area contributed by atoms with Crippen LogP contribution in [0.1, 0.15) is 18.7 Å². The van der Waals surface area contributed by atoms with Gasteiger partial charge in [0.15, 0.2) is 18.1 Å². The number of aromatic amines is 1. The molecule has 4 rings (SSSR count). The summed E-state index contributed by atoms with van der Waals surface area (Å²) in [5.41, 5.74) is 2.19. The Morgan fingerprint density at radius 2 is 2.06 bits per heavy atom. The number of benzene rings is 2. The number of fused-ring (bicyclic) bond motifs is 3. The van der Waals surface area contributed by atoms with Gasteiger partial charge in [0.1, 0.15) is 0 Å². The lowest BCUT2D eigenvalue weighted by Crippen LogP contribution is -2.55. The monoisotopic (exact) mass is 441 g/mol. The molecule has 1 aliphatic rings. The summed E-state index contributed by atoms with van der Waals surface area (Å²) in [7, 11) is 1.48. The number of H-pyrrole nitrogens is 1. The van der Waals surface area contributed by atoms with Crippen molar-refractivity contribution in [3.63, 3.8) is 0 Å². The maximum absolute atomic E-state index is 13.0. The minimum Gasteiger partial charge on any atom is -0.493 e. The van der Waals surface area contributed by atoms with Gasteiger partial charge in [0.2, 0.25) is 5.16 Å². The van der Waals surface area contributed by atoms with E-state index >= 15 is 0 Å². The van der Waals surface area contributed by atoms with Crippen LogP contribution >= 0.6 is 11.8 Å². The molecule has 0 spiro atoms. The van der Waals surface area contributed by atoms with Gasteiger partial charge in [-0.15, -0.1) is 0 Å². The molecule has 10 heteroatoms. The van der Waals surface area contributed by atoms with Crippen molar-refractivity contribution in [2.24, 2.45) is 0 Å². The number of ether oxygens (including phenoxy) is 2. The molecular formula is C21H21N4O5S+. The number of thioether (sulfide) groups is 1. The third kappa shape index (κ3) is 3.93. The van der Waals surface area contributed by atoms with Crippen LogP contribution in [0, 0.1) is 0 Å². The zero-order valence-corrected chi connectivity index (χ0v) is 17.7. The fourth-order valence-corrected chi connectivity index (χ4v) is 4.08. The van der Waals surface area contributed by atoms with Crippen molar-refractivity contribution in [1.29, 1.82) is 0 Å². The number of aromatic nitrogens is 3. The molecule has 0 radical (unpaired) electrons. The van der Waals surface area contributed by atoms with Crippen molar-refractivity contribution < 1.29 is 24.1 Å². The van der Waals surface area contributed by atoms with Gasteiger partial charge in [-0.25, -0.2) is 4.79 Å². The van der Waals surface area contributed by atoms with E-state index in [4.69, 9.17) is 14.6 Å². The lowest BCUT2D eigenvalue weighted by Gasteiger charge is -2.24. The maximum atomic E-state index is 13.0. The Kier molecular flexibility index (Phi) is 5.81. The molecule has 3 N–H and O–H groups in total. The van der Waals surface area contributed by atoms with Crippen molar-refractivity contribution in [3.8, 4) is 22.8 Å². The topological polar surface area (TPSA) is 117 Å². The average Bonchev–Trinajstić information content (AvgIpc) is 2.76. The molecule has 0 saturated carbocycles. The Bertz CT molecular complexity index is 1200. The van der Waals surface area contributed by atoms with E-state index in [0.717, 1.165) is 17.0 Å². The van der Waals surface area contributed by atoms with Gasteiger partial charge in [-0.1, -0.05) is 36.9 Å². The van der Waals surface area contributed by atoms with Gasteiger partial charge in [0, 0.05) is 5.10 Å². The minimum absolute atomic E-state index is 0.263. The van der Waals surface area contributed by atoms with E-state index < -0.39 is 18.7 Å². The predicted molar refractivity (Wildman–Crippen MR) is 115 cm³/mol. The summed E-state index contributed by atoms with van der Waals surface area (Å²) in [6.07, 6.45) is -0.623. The average molecular weight is 441 g/mol. The summed E-state index contributed by atoms with van der Waals surface area (Å²) in [6.45, 7) is 1.44. The molecule has 0 bridgehead atoms. The smallest absolute Gasteiger partial charge is 0.341 e. The number of rotatable bonds is 7. The number of carboxylic acid groups (broad SMARTS) is 1. The molecule has 31 heavy (non-hydrogen) atoms. The van der Waals surface area contributed by atoms with Crippen molar-refractivity contribution >= 4 is 23.4 Å². The quantitative estimate of drug-likeness (QED) is 0.378. The fraction of sp³-hybridized carbons (Fsp3) is 0.238. The van der Waals surface area contributed by atoms with E-state index in [9.17, 15) is 9.59 Å². The first-order valence-electron chi connectivity index (χ1n) is 9.59. The van der Waals surface area contributed by atoms with Crippen LogP contribution in [0.5, 0.6) is 11.5 Å². The molecule has 2 aromatic carbocycles. The van der Waals surface area contributed by atoms with Crippen LogP contribution in [-0.2, 0) is 4.79 Å². The van der Waals surface area contributed by atoms with E-state index in [1.165, 1.54) is 18.9 Å². The van der Waals surface area contributed by atoms with Crippen LogP contribution in [0.3, 0.4) is 0 Å². The summed E-state index contributed by atoms with van der Waals surface area (Å²) in [6, 6.07) is 12.7. The number of anilines is 1. The van der Waals surface area contributed by atoms with Crippen molar-refractivity contribution in [1.82, 2.24) is 10.1 Å². The molecule has 9 nitrogen and oxygen atoms in total. The van der Waals surface area contributed by atoms with Gasteiger partial charge in [-0.2, -0.15) is 0 Å². The van der Waals surface area contributed by atoms with Crippen LogP contribution in [-0.4, -0.2) is 40.6 Å². The Morgan fingerprint density at radius 3 is 2.81 bits per heavy atom. The second kappa shape index (κ2) is 8.68. The van der Waals surface area contributed by atoms with Crippen LogP contribution in [0.4, 0.5) is 5.69 Å². The van der Waals surface area contributed by atoms with Gasteiger partial charge < -0.3 is 19.9 Å². The summed E-state index contributed by atoms with van der Waals surface area (Å²) in [4.78, 5) is 27.0. The largest absolute Gasteiger partial charge is 0.493 e. The summed E-state index contributed by atoms with van der Waals surface area (Å²) < 4.78 is 12.6. The Labute approximate surface area is 182 Å². The van der Waals surface area contributed by atoms with Gasteiger partial charge in [0.05, 0.1) is 23.9 Å². The van der Waals surface area contributed by atoms with Gasteiger partial charge in [-0.3, -0.25) is 9.78 Å². The predicted octanol–water partition coefficient (Wildman–Crippen LogP) is 2.28. The first-order valence-corrected chi connectivity index (χ1v) is 10.6. The Hall–Kier alpha value is -3.53. The van der Waals surface area contributed by atoms with Crippen molar-refractivity contribution in [3.05, 3.63) is 58.4 Å². The van der Waals surface area contributed by atoms with E-state index in [-0.39, 0.29) is 11.3 Å². The highest BCUT2D eigenvalue weighted by Crippen LogP contribution is 2.38. The summed E-state index contributed by atoms with van der Waals surface area (Å²) in [5, 5.41) is 17.7. The van der Waals surface area contributed by atoms with E-state index in [1.54, 1.807) is 22.9 Å². The second-order valence-corrected chi connectivity index (χ2v) is 7.89. The number of aliphatic carboxylic acids is 1. The van der Waals surface area contributed by atoms with Crippen LogP contribution in [0.2, 0.25) is 0 Å². The van der Waals surface area contributed by atoms with Crippen molar-refractivity contribution in [2.75, 3.05) is 24.8 Å². The standard InChI is InChI=1S/C21H20N4O5S/c1-3-31-21-23-20(28)17-12-7-4-5-9-14(12)22-19(25(17)24-21)13-8-6-10-15(29-2)18(13)30-11-16(26)27/h4-10,19H,3,11H2,1-2H3,(H2,23,24,26,27,28)/p+1/t19-/m0/s1. The van der Waals surface area contributed by atoms with Gasteiger partial charge in [-0.05, 0) is 34.7 Å². The number of nitrogens with one attached hydrogen (secondary N) is 2. The number of methoxy groups -OCH3 is 1. The minimum atomic E-state index is -1.11. The zero-order valence-electron chi connectivity index (χ0n) is 16.9. The Balaban J connectivity index is 1.94. The molecule has 0 unspecified atom stereocenters. The third-order valence-electron chi connectivity index (χ3n) is 4.73. The van der Waals surface area contributed by atoms with E-state index in [2.05, 4.69) is 15.4 Å². The number of hydrogen-bond donors (Lipinski definition) is 3. The Morgan fingerprint density at radius 1 is 1.26 bits per heavy atom. The van der Waals surface area contributed by atoms with Gasteiger partial charge >= 0.3 is 17.2 Å². The molecule has 0 amide bonds. The first kappa shape index (κ1) is 20.7. The van der Waals surface area contributed by atoms with E-state index in [0.29, 0.717) is 22.2 Å². The lowest BCUT2D eigenvalue weighted by molar-refractivity contribution is -0.759. The highest BCUT2D eigenvalue weighted by molar-refractivity contribution is 7.99. The fourth-order valence-electron chi connectivity index (χ4n) is 3.50. The highest BCUT2D eigenvalue weighted by Gasteiger charge is 2.39. The second-order valence-electron chi connectivity index (χ2n) is 6.64. The zero-order chi connectivity index (χ0) is 22.0. The number of para-hydroxylation sites is 2. The highest BCUT2D eigenvalue weighted by atomic mass is 32.2. The summed E-state index contributed by atoms with van der Waals surface area (Å²) in [5.74, 6) is 0.287. The SMILES string of the molecule is CCSc1n[n+]2c(c(=O)[nH]1)-c1ccccc1N[C@@H]2c1cccc(OC)c1OCC(=O)O. The van der Waals surface area contributed by atoms with Gasteiger partial charge in [0.25, 0.3) is 6.17 Å². The molecule has 0 aliphatic carbocycles. The molecule has 0 saturated heterocycles. The molecule has 1 aliphatic heterocycles. The molecular weight excluding hydrogens is 420 g/mol. The number of nitrogens with zero attached hydrogens (tertiary/aromatic N) is 2. The van der Waals surface area contributed by atoms with Crippen LogP contribution in [0.15, 0.2) is 52.4 Å². The number of carbonyl (C=O) groups is 1. The summed E-state index contributed by atoms with van der Waals surface area (Å²) >= 11 is 1.42.